The lowest BCUT2D eigenvalue weighted by molar-refractivity contribution is 0.0924. The number of hydrogen-bond acceptors (Lipinski definition) is 5. The highest BCUT2D eigenvalue weighted by molar-refractivity contribution is 6.30. The fourth-order valence-electron chi connectivity index (χ4n) is 1.71. The summed E-state index contributed by atoms with van der Waals surface area (Å²) in [7, 11) is 0. The topological polar surface area (TPSA) is 101 Å². The van der Waals surface area contributed by atoms with Crippen molar-refractivity contribution in [2.24, 2.45) is 5.84 Å². The maximum atomic E-state index is 11.4. The van der Waals surface area contributed by atoms with E-state index in [4.69, 9.17) is 31.9 Å². The smallest absolute Gasteiger partial charge is 0.300 e. The zero-order chi connectivity index (χ0) is 15.4. The van der Waals surface area contributed by atoms with Crippen molar-refractivity contribution in [3.05, 3.63) is 51.9 Å². The molecule has 1 aromatic carbocycles. The monoisotopic (exact) mass is 305 g/mol. The molecule has 0 atom stereocenters. The Morgan fingerprint density at radius 1 is 1.52 bits per heavy atom. The number of nitrogens with two attached hydrogens (primary N) is 1. The molecule has 0 unspecified atom stereocenters. The zero-order valence-electron chi connectivity index (χ0n) is 11.1. The molecule has 2 rings (SSSR count). The molecule has 0 aliphatic carbocycles. The predicted molar refractivity (Wildman–Crippen MR) is 75.6 cm³/mol. The maximum Gasteiger partial charge on any atom is 0.300 e. The molecule has 108 valence electrons. The van der Waals surface area contributed by atoms with Crippen molar-refractivity contribution in [2.45, 2.75) is 13.5 Å². The first-order valence-corrected chi connectivity index (χ1v) is 6.35. The van der Waals surface area contributed by atoms with Crippen molar-refractivity contribution in [3.8, 4) is 11.8 Å². The summed E-state index contributed by atoms with van der Waals surface area (Å²) in [5, 5.41) is 9.48. The van der Waals surface area contributed by atoms with E-state index in [0.29, 0.717) is 27.7 Å². The summed E-state index contributed by atoms with van der Waals surface area (Å²) < 4.78 is 10.8. The number of nitriles is 1. The number of furan rings is 1. The van der Waals surface area contributed by atoms with Crippen LogP contribution in [0.5, 0.6) is 5.75 Å². The molecule has 2 aromatic rings. The molecule has 0 radical (unpaired) electrons. The number of benzene rings is 1. The predicted octanol–water partition coefficient (Wildman–Crippen LogP) is 2.30. The van der Waals surface area contributed by atoms with E-state index < -0.39 is 5.91 Å². The molecule has 0 aliphatic heterocycles. The summed E-state index contributed by atoms with van der Waals surface area (Å²) in [5.74, 6) is 5.52. The Balaban J connectivity index is 2.17. The Labute approximate surface area is 126 Å². The van der Waals surface area contributed by atoms with E-state index in [-0.39, 0.29) is 12.4 Å². The van der Waals surface area contributed by atoms with E-state index >= 15 is 0 Å². The van der Waals surface area contributed by atoms with Crippen LogP contribution in [0.15, 0.2) is 28.7 Å². The number of aryl methyl sites for hydroxylation is 1. The summed E-state index contributed by atoms with van der Waals surface area (Å²) in [6, 6.07) is 8.30. The lowest BCUT2D eigenvalue weighted by atomic mass is 10.2. The van der Waals surface area contributed by atoms with E-state index in [2.05, 4.69) is 0 Å². The number of hydrazine groups is 1. The van der Waals surface area contributed by atoms with Crippen molar-refractivity contribution in [1.29, 1.82) is 5.26 Å². The molecular weight excluding hydrogens is 294 g/mol. The van der Waals surface area contributed by atoms with Crippen LogP contribution < -0.4 is 16.0 Å². The van der Waals surface area contributed by atoms with Gasteiger partial charge in [0.05, 0.1) is 5.56 Å². The van der Waals surface area contributed by atoms with Gasteiger partial charge in [-0.15, -0.1) is 0 Å². The van der Waals surface area contributed by atoms with Crippen LogP contribution in [0.2, 0.25) is 5.02 Å². The van der Waals surface area contributed by atoms with Gasteiger partial charge in [-0.2, -0.15) is 5.26 Å². The van der Waals surface area contributed by atoms with Crippen LogP contribution in [0.1, 0.15) is 27.4 Å². The van der Waals surface area contributed by atoms with E-state index in [1.165, 1.54) is 6.07 Å². The number of nitrogens with one attached hydrogen (secondary N) is 1. The normalized spacial score (nSPS) is 10.0. The van der Waals surface area contributed by atoms with Crippen LogP contribution in [0, 0.1) is 18.3 Å². The van der Waals surface area contributed by atoms with Crippen molar-refractivity contribution in [3.63, 3.8) is 0 Å². The highest BCUT2D eigenvalue weighted by Crippen LogP contribution is 2.24. The number of nitrogens with zero attached hydrogens (tertiary/aromatic N) is 1. The minimum atomic E-state index is -0.523. The highest BCUT2D eigenvalue weighted by atomic mass is 35.5. The number of ether oxygens (including phenoxy) is 1. The maximum absolute atomic E-state index is 11.4. The van der Waals surface area contributed by atoms with Crippen molar-refractivity contribution in [2.75, 3.05) is 0 Å². The molecule has 0 saturated heterocycles. The van der Waals surface area contributed by atoms with Gasteiger partial charge in [-0.05, 0) is 25.1 Å². The second-order valence-electron chi connectivity index (χ2n) is 4.21. The SMILES string of the molecule is Cc1oc(C(=O)NN)cc1COc1cc(Cl)ccc1C#N. The summed E-state index contributed by atoms with van der Waals surface area (Å²) in [6.45, 7) is 1.84. The summed E-state index contributed by atoms with van der Waals surface area (Å²) in [5.41, 5.74) is 3.04. The lowest BCUT2D eigenvalue weighted by Crippen LogP contribution is -2.29. The molecule has 0 spiro atoms. The fourth-order valence-corrected chi connectivity index (χ4v) is 1.87. The third-order valence-electron chi connectivity index (χ3n) is 2.82. The van der Waals surface area contributed by atoms with Crippen molar-refractivity contribution >= 4 is 17.5 Å². The second kappa shape index (κ2) is 6.31. The van der Waals surface area contributed by atoms with Gasteiger partial charge in [0.1, 0.15) is 24.2 Å². The first kappa shape index (κ1) is 14.9. The van der Waals surface area contributed by atoms with Gasteiger partial charge in [-0.1, -0.05) is 11.6 Å². The molecule has 0 fully saturated rings. The van der Waals surface area contributed by atoms with Gasteiger partial charge in [0, 0.05) is 16.7 Å². The van der Waals surface area contributed by atoms with Crippen molar-refractivity contribution in [1.82, 2.24) is 5.43 Å². The minimum absolute atomic E-state index is 0.0974. The first-order chi connectivity index (χ1) is 10.0. The number of nitrogen functional groups attached to an aromatic ring is 1. The summed E-state index contributed by atoms with van der Waals surface area (Å²) in [6.07, 6.45) is 0. The minimum Gasteiger partial charge on any atom is -0.487 e. The number of carbonyl (C=O) groups is 1. The third-order valence-corrected chi connectivity index (χ3v) is 3.06. The standard InChI is InChI=1S/C14H12ClN3O3/c1-8-10(4-13(21-8)14(19)18-17)7-20-12-5-11(15)3-2-9(12)6-16/h2-5H,7,17H2,1H3,(H,18,19). The van der Waals surface area contributed by atoms with Gasteiger partial charge >= 0.3 is 5.91 Å². The van der Waals surface area contributed by atoms with E-state index in [1.54, 1.807) is 25.1 Å². The van der Waals surface area contributed by atoms with Crippen LogP contribution in [0.3, 0.4) is 0 Å². The molecule has 1 amide bonds. The Morgan fingerprint density at radius 2 is 2.29 bits per heavy atom. The molecule has 0 bridgehead atoms. The second-order valence-corrected chi connectivity index (χ2v) is 4.64. The van der Waals surface area contributed by atoms with Gasteiger partial charge in [-0.25, -0.2) is 5.84 Å². The molecule has 3 N–H and O–H groups in total. The number of hydrogen-bond donors (Lipinski definition) is 2. The number of carbonyl (C=O) groups excluding carboxylic acids is 1. The zero-order valence-corrected chi connectivity index (χ0v) is 11.9. The number of rotatable bonds is 4. The summed E-state index contributed by atoms with van der Waals surface area (Å²) >= 11 is 5.88. The molecular formula is C14H12ClN3O3. The molecule has 0 saturated carbocycles. The van der Waals surface area contributed by atoms with E-state index in [9.17, 15) is 4.79 Å². The van der Waals surface area contributed by atoms with Crippen LogP contribution in [-0.2, 0) is 6.61 Å². The van der Waals surface area contributed by atoms with Gasteiger partial charge in [-0.3, -0.25) is 10.2 Å². The Kier molecular flexibility index (Phi) is 4.48. The third kappa shape index (κ3) is 3.34. The highest BCUT2D eigenvalue weighted by Gasteiger charge is 2.14. The largest absolute Gasteiger partial charge is 0.487 e. The average Bonchev–Trinajstić information content (AvgIpc) is 2.85. The summed E-state index contributed by atoms with van der Waals surface area (Å²) in [4.78, 5) is 11.4. The van der Waals surface area contributed by atoms with Crippen molar-refractivity contribution < 1.29 is 13.9 Å². The number of halogens is 1. The lowest BCUT2D eigenvalue weighted by Gasteiger charge is -2.07. The molecule has 0 aliphatic rings. The van der Waals surface area contributed by atoms with E-state index in [0.717, 1.165) is 0 Å². The van der Waals surface area contributed by atoms with Crippen LogP contribution in [0.25, 0.3) is 0 Å². The fraction of sp³-hybridized carbons (Fsp3) is 0.143. The molecule has 1 aromatic heterocycles. The Bertz CT molecular complexity index is 719. The molecule has 7 heteroatoms. The Morgan fingerprint density at radius 3 is 2.95 bits per heavy atom. The van der Waals surface area contributed by atoms with Crippen LogP contribution in [-0.4, -0.2) is 5.91 Å². The van der Waals surface area contributed by atoms with Crippen LogP contribution >= 0.6 is 11.6 Å². The quantitative estimate of drug-likeness (QED) is 0.512. The molecule has 1 heterocycles. The van der Waals surface area contributed by atoms with Gasteiger partial charge in [0.25, 0.3) is 0 Å². The number of amides is 1. The molecule has 6 nitrogen and oxygen atoms in total. The van der Waals surface area contributed by atoms with Gasteiger partial charge in [0.2, 0.25) is 0 Å². The van der Waals surface area contributed by atoms with E-state index in [1.807, 2.05) is 11.5 Å². The first-order valence-electron chi connectivity index (χ1n) is 5.98. The average molecular weight is 306 g/mol. The van der Waals surface area contributed by atoms with Gasteiger partial charge < -0.3 is 9.15 Å². The van der Waals surface area contributed by atoms with Gasteiger partial charge in [0.15, 0.2) is 5.76 Å². The molecule has 21 heavy (non-hydrogen) atoms. The van der Waals surface area contributed by atoms with Crippen LogP contribution in [0.4, 0.5) is 0 Å². The Hall–Kier alpha value is -2.49.